The molecule has 2 aromatic rings. The Morgan fingerprint density at radius 1 is 1.11 bits per heavy atom. The Morgan fingerprint density at radius 2 is 1.78 bits per heavy atom. The van der Waals surface area contributed by atoms with Crippen molar-refractivity contribution in [3.05, 3.63) is 58.1 Å². The van der Waals surface area contributed by atoms with Crippen LogP contribution in [0.15, 0.2) is 42.5 Å². The topological polar surface area (TPSA) is 52.7 Å². The van der Waals surface area contributed by atoms with Crippen molar-refractivity contribution in [1.29, 1.82) is 0 Å². The molecule has 0 spiro atoms. The quantitative estimate of drug-likeness (QED) is 0.821. The van der Waals surface area contributed by atoms with Gasteiger partial charge in [0.25, 0.3) is 0 Å². The number of fused-ring (bicyclic) bond motifs is 1. The highest BCUT2D eigenvalue weighted by Gasteiger charge is 2.31. The fourth-order valence-electron chi connectivity index (χ4n) is 3.35. The Labute approximate surface area is 168 Å². The van der Waals surface area contributed by atoms with Crippen molar-refractivity contribution in [2.45, 2.75) is 19.4 Å². The van der Waals surface area contributed by atoms with E-state index < -0.39 is 0 Å². The number of hydrogen-bond donors (Lipinski definition) is 1. The standard InChI is InChI=1S/C20H21Cl2N3O2/c1-13-10-14-6-3-4-9-17(14)25(13)19(27)12-24(2)11-18(26)23-20-15(21)7-5-8-16(20)22/h3-9,13H,10-12H2,1-2H3,(H,23,26)/t13-/m0/s1. The van der Waals surface area contributed by atoms with E-state index in [1.807, 2.05) is 36.1 Å². The fraction of sp³-hybridized carbons (Fsp3) is 0.300. The molecule has 5 nitrogen and oxygen atoms in total. The molecular weight excluding hydrogens is 385 g/mol. The largest absolute Gasteiger partial charge is 0.322 e. The summed E-state index contributed by atoms with van der Waals surface area (Å²) in [5, 5.41) is 3.45. The second kappa shape index (κ2) is 8.30. The summed E-state index contributed by atoms with van der Waals surface area (Å²) in [4.78, 5) is 28.6. The summed E-state index contributed by atoms with van der Waals surface area (Å²) in [5.41, 5.74) is 2.51. The zero-order valence-corrected chi connectivity index (χ0v) is 16.7. The number of carbonyl (C=O) groups excluding carboxylic acids is 2. The van der Waals surface area contributed by atoms with Crippen LogP contribution in [0.2, 0.25) is 10.0 Å². The third-order valence-corrected chi connectivity index (χ3v) is 5.15. The maximum absolute atomic E-state index is 12.8. The van der Waals surface area contributed by atoms with Gasteiger partial charge in [-0.15, -0.1) is 0 Å². The molecular formula is C20H21Cl2N3O2. The second-order valence-electron chi connectivity index (χ2n) is 6.76. The van der Waals surface area contributed by atoms with Gasteiger partial charge >= 0.3 is 0 Å². The lowest BCUT2D eigenvalue weighted by atomic mass is 10.1. The van der Waals surface area contributed by atoms with Crippen LogP contribution < -0.4 is 10.2 Å². The summed E-state index contributed by atoms with van der Waals surface area (Å²) in [6.45, 7) is 2.23. The summed E-state index contributed by atoms with van der Waals surface area (Å²) in [6.07, 6.45) is 0.844. The van der Waals surface area contributed by atoms with Crippen LogP contribution >= 0.6 is 23.2 Å². The molecule has 0 saturated heterocycles. The first-order valence-electron chi connectivity index (χ1n) is 8.69. The molecule has 1 N–H and O–H groups in total. The molecule has 1 heterocycles. The van der Waals surface area contributed by atoms with Gasteiger partial charge in [-0.05, 0) is 44.2 Å². The molecule has 0 aliphatic carbocycles. The number of hydrogen-bond acceptors (Lipinski definition) is 3. The summed E-state index contributed by atoms with van der Waals surface area (Å²) < 4.78 is 0. The van der Waals surface area contributed by atoms with E-state index in [4.69, 9.17) is 23.2 Å². The predicted molar refractivity (Wildman–Crippen MR) is 110 cm³/mol. The lowest BCUT2D eigenvalue weighted by Crippen LogP contribution is -2.43. The zero-order chi connectivity index (χ0) is 19.6. The maximum atomic E-state index is 12.8. The normalized spacial score (nSPS) is 15.7. The molecule has 0 radical (unpaired) electrons. The smallest absolute Gasteiger partial charge is 0.241 e. The Hall–Kier alpha value is -2.08. The Bertz CT molecular complexity index is 852. The average molecular weight is 406 g/mol. The highest BCUT2D eigenvalue weighted by Crippen LogP contribution is 2.32. The molecule has 3 rings (SSSR count). The third-order valence-electron chi connectivity index (χ3n) is 4.52. The molecule has 7 heteroatoms. The maximum Gasteiger partial charge on any atom is 0.241 e. The van der Waals surface area contributed by atoms with Crippen LogP contribution in [0.5, 0.6) is 0 Å². The van der Waals surface area contributed by atoms with Gasteiger partial charge in [-0.1, -0.05) is 47.5 Å². The predicted octanol–water partition coefficient (Wildman–Crippen LogP) is 3.84. The van der Waals surface area contributed by atoms with E-state index in [2.05, 4.69) is 5.32 Å². The highest BCUT2D eigenvalue weighted by atomic mass is 35.5. The van der Waals surface area contributed by atoms with Crippen LogP contribution in [-0.2, 0) is 16.0 Å². The first-order chi connectivity index (χ1) is 12.9. The van der Waals surface area contributed by atoms with E-state index in [0.29, 0.717) is 15.7 Å². The van der Waals surface area contributed by atoms with Crippen molar-refractivity contribution in [1.82, 2.24) is 4.90 Å². The molecule has 142 valence electrons. The zero-order valence-electron chi connectivity index (χ0n) is 15.2. The first kappa shape index (κ1) is 19.7. The molecule has 0 aromatic heterocycles. The number of anilines is 2. The molecule has 0 saturated carbocycles. The van der Waals surface area contributed by atoms with Crippen LogP contribution in [0.1, 0.15) is 12.5 Å². The molecule has 0 fully saturated rings. The monoisotopic (exact) mass is 405 g/mol. The van der Waals surface area contributed by atoms with Crippen LogP contribution in [0.25, 0.3) is 0 Å². The van der Waals surface area contributed by atoms with E-state index in [1.54, 1.807) is 30.1 Å². The number of halogens is 2. The van der Waals surface area contributed by atoms with E-state index in [1.165, 1.54) is 5.56 Å². The summed E-state index contributed by atoms with van der Waals surface area (Å²) in [7, 11) is 1.73. The van der Waals surface area contributed by atoms with Gasteiger partial charge < -0.3 is 10.2 Å². The number of nitrogens with one attached hydrogen (secondary N) is 1. The average Bonchev–Trinajstić information content (AvgIpc) is 2.93. The summed E-state index contributed by atoms with van der Waals surface area (Å²) in [6, 6.07) is 13.0. The molecule has 0 unspecified atom stereocenters. The van der Waals surface area contributed by atoms with Gasteiger partial charge in [0, 0.05) is 11.7 Å². The number of rotatable bonds is 5. The third kappa shape index (κ3) is 4.43. The number of nitrogens with zero attached hydrogens (tertiary/aromatic N) is 2. The number of para-hydroxylation sites is 2. The molecule has 1 atom stereocenters. The minimum atomic E-state index is -0.282. The van der Waals surface area contributed by atoms with Crippen molar-refractivity contribution >= 4 is 46.4 Å². The number of likely N-dealkylation sites (N-methyl/N-ethyl adjacent to an activating group) is 1. The molecule has 2 aromatic carbocycles. The van der Waals surface area contributed by atoms with Gasteiger partial charge in [0.2, 0.25) is 11.8 Å². The van der Waals surface area contributed by atoms with Crippen LogP contribution in [0, 0.1) is 0 Å². The van der Waals surface area contributed by atoms with Crippen molar-refractivity contribution in [3.8, 4) is 0 Å². The minimum absolute atomic E-state index is 0.0291. The SMILES string of the molecule is C[C@H]1Cc2ccccc2N1C(=O)CN(C)CC(=O)Nc1c(Cl)cccc1Cl. The van der Waals surface area contributed by atoms with Crippen molar-refractivity contribution in [2.24, 2.45) is 0 Å². The number of benzene rings is 2. The molecule has 1 aliphatic heterocycles. The van der Waals surface area contributed by atoms with Crippen molar-refractivity contribution in [3.63, 3.8) is 0 Å². The molecule has 2 amide bonds. The van der Waals surface area contributed by atoms with Gasteiger partial charge in [-0.25, -0.2) is 0 Å². The van der Waals surface area contributed by atoms with Crippen LogP contribution in [-0.4, -0.2) is 42.9 Å². The van der Waals surface area contributed by atoms with Crippen molar-refractivity contribution in [2.75, 3.05) is 30.4 Å². The summed E-state index contributed by atoms with van der Waals surface area (Å²) >= 11 is 12.1. The van der Waals surface area contributed by atoms with E-state index in [0.717, 1.165) is 12.1 Å². The first-order valence-corrected chi connectivity index (χ1v) is 9.44. The van der Waals surface area contributed by atoms with Crippen LogP contribution in [0.4, 0.5) is 11.4 Å². The lowest BCUT2D eigenvalue weighted by Gasteiger charge is -2.25. The fourth-order valence-corrected chi connectivity index (χ4v) is 3.84. The highest BCUT2D eigenvalue weighted by molar-refractivity contribution is 6.39. The van der Waals surface area contributed by atoms with E-state index in [9.17, 15) is 9.59 Å². The van der Waals surface area contributed by atoms with E-state index in [-0.39, 0.29) is 30.9 Å². The van der Waals surface area contributed by atoms with Gasteiger partial charge in [0.1, 0.15) is 0 Å². The van der Waals surface area contributed by atoms with Gasteiger partial charge in [-0.2, -0.15) is 0 Å². The van der Waals surface area contributed by atoms with Gasteiger partial charge in [0.05, 0.1) is 28.8 Å². The summed E-state index contributed by atoms with van der Waals surface area (Å²) in [5.74, 6) is -0.311. The van der Waals surface area contributed by atoms with Gasteiger partial charge in [0.15, 0.2) is 0 Å². The molecule has 1 aliphatic rings. The minimum Gasteiger partial charge on any atom is -0.322 e. The van der Waals surface area contributed by atoms with Crippen LogP contribution in [0.3, 0.4) is 0 Å². The van der Waals surface area contributed by atoms with Crippen molar-refractivity contribution < 1.29 is 9.59 Å². The Morgan fingerprint density at radius 3 is 2.48 bits per heavy atom. The Kier molecular flexibility index (Phi) is 6.05. The van der Waals surface area contributed by atoms with E-state index >= 15 is 0 Å². The number of carbonyl (C=O) groups is 2. The molecule has 0 bridgehead atoms. The van der Waals surface area contributed by atoms with Gasteiger partial charge in [-0.3, -0.25) is 14.5 Å². The second-order valence-corrected chi connectivity index (χ2v) is 7.58. The lowest BCUT2D eigenvalue weighted by molar-refractivity contribution is -0.121. The molecule has 27 heavy (non-hydrogen) atoms. The number of amides is 2. The Balaban J connectivity index is 1.60.